The van der Waals surface area contributed by atoms with Crippen molar-refractivity contribution in [1.82, 2.24) is 0 Å². The molecule has 0 spiro atoms. The maximum absolute atomic E-state index is 13.8. The molecule has 1 nitrogen and oxygen atoms in total. The minimum Gasteiger partial charge on any atom is -0.295 e. The van der Waals surface area contributed by atoms with Gasteiger partial charge in [0.1, 0.15) is 0 Å². The monoisotopic (exact) mass is 446 g/mol. The second-order valence-corrected chi connectivity index (χ2v) is 13.7. The van der Waals surface area contributed by atoms with Gasteiger partial charge >= 0.3 is 0 Å². The second kappa shape index (κ2) is 8.18. The van der Waals surface area contributed by atoms with Gasteiger partial charge in [-0.25, -0.2) is 0 Å². The van der Waals surface area contributed by atoms with Crippen LogP contribution in [0.1, 0.15) is 113 Å². The van der Waals surface area contributed by atoms with Crippen molar-refractivity contribution in [2.45, 2.75) is 118 Å². The van der Waals surface area contributed by atoms with Crippen LogP contribution in [-0.2, 0) is 4.79 Å². The topological polar surface area (TPSA) is 17.1 Å². The van der Waals surface area contributed by atoms with Gasteiger partial charge in [-0.15, -0.1) is 11.6 Å². The van der Waals surface area contributed by atoms with Gasteiger partial charge in [0.05, 0.1) is 0 Å². The first-order valence-corrected chi connectivity index (χ1v) is 13.8. The summed E-state index contributed by atoms with van der Waals surface area (Å²) in [6, 6.07) is 0. The van der Waals surface area contributed by atoms with E-state index in [1.807, 2.05) is 0 Å². The predicted molar refractivity (Wildman–Crippen MR) is 132 cm³/mol. The van der Waals surface area contributed by atoms with Crippen LogP contribution < -0.4 is 0 Å². The van der Waals surface area contributed by atoms with Crippen LogP contribution in [0.25, 0.3) is 0 Å². The van der Waals surface area contributed by atoms with Gasteiger partial charge in [0.2, 0.25) is 0 Å². The fourth-order valence-electron chi connectivity index (χ4n) is 8.99. The average Bonchev–Trinajstić information content (AvgIpc) is 2.98. The summed E-state index contributed by atoms with van der Waals surface area (Å²) >= 11 is 6.70. The van der Waals surface area contributed by atoms with E-state index in [2.05, 4.69) is 48.5 Å². The maximum atomic E-state index is 13.8. The van der Waals surface area contributed by atoms with Gasteiger partial charge in [0, 0.05) is 22.8 Å². The first kappa shape index (κ1) is 23.8. The number of rotatable bonds is 5. The van der Waals surface area contributed by atoms with E-state index in [1.54, 1.807) is 5.57 Å². The number of fused-ring (bicyclic) bond motifs is 4. The summed E-state index contributed by atoms with van der Waals surface area (Å²) in [4.78, 5) is 13.8. The molecule has 0 saturated heterocycles. The van der Waals surface area contributed by atoms with Crippen LogP contribution in [0.5, 0.6) is 0 Å². The lowest BCUT2D eigenvalue weighted by molar-refractivity contribution is -0.123. The van der Waals surface area contributed by atoms with Crippen molar-refractivity contribution in [3.8, 4) is 0 Å². The molecule has 4 rings (SSSR count). The minimum atomic E-state index is 0.0731. The molecule has 8 atom stereocenters. The molecular weight excluding hydrogens is 400 g/mol. The lowest BCUT2D eigenvalue weighted by Gasteiger charge is -2.59. The van der Waals surface area contributed by atoms with Crippen LogP contribution in [0.3, 0.4) is 0 Å². The molecule has 2 fully saturated rings. The SMILES string of the molecule is CC(C)CCC[C@@H](C)[C@H]1CC[C@@]2(C)C3=C(CC[C@]12C)[C@@]1(C)CC[C@H](Cl)[C@@H](C)[C@@H]1CC3=O. The third kappa shape index (κ3) is 3.50. The number of alkyl halides is 1. The van der Waals surface area contributed by atoms with E-state index in [9.17, 15) is 4.79 Å². The number of hydrogen-bond acceptors (Lipinski definition) is 1. The second-order valence-electron chi connectivity index (χ2n) is 13.1. The standard InChI is InChI=1S/C29H47ClO/c1-18(2)9-8-10-19(3)21-11-16-29(7)26-22(12-15-28(21,29)6)27(5)14-13-24(30)20(4)23(27)17-25(26)31/h18-21,23-24H,8-17H2,1-7H3/t19-,20+,21-,23+,24+,27-,28-,29+/m1/s1. The zero-order valence-electron chi connectivity index (χ0n) is 21.3. The molecule has 0 radical (unpaired) electrons. The quantitative estimate of drug-likeness (QED) is 0.386. The van der Waals surface area contributed by atoms with E-state index in [0.29, 0.717) is 17.6 Å². The fraction of sp³-hybridized carbons (Fsp3) is 0.897. The van der Waals surface area contributed by atoms with Crippen molar-refractivity contribution in [3.05, 3.63) is 11.1 Å². The van der Waals surface area contributed by atoms with Crippen LogP contribution >= 0.6 is 11.6 Å². The van der Waals surface area contributed by atoms with Gasteiger partial charge < -0.3 is 0 Å². The van der Waals surface area contributed by atoms with Crippen molar-refractivity contribution in [1.29, 1.82) is 0 Å². The summed E-state index contributed by atoms with van der Waals surface area (Å²) in [5, 5.41) is 0.236. The number of ketones is 1. The molecule has 4 aliphatic carbocycles. The van der Waals surface area contributed by atoms with Crippen LogP contribution in [0.4, 0.5) is 0 Å². The van der Waals surface area contributed by atoms with E-state index in [4.69, 9.17) is 11.6 Å². The highest BCUT2D eigenvalue weighted by Crippen LogP contribution is 2.71. The normalized spacial score (nSPS) is 46.0. The summed E-state index contributed by atoms with van der Waals surface area (Å²) in [7, 11) is 0. The molecule has 2 saturated carbocycles. The van der Waals surface area contributed by atoms with E-state index in [-0.39, 0.29) is 21.6 Å². The average molecular weight is 447 g/mol. The van der Waals surface area contributed by atoms with Gasteiger partial charge in [-0.2, -0.15) is 0 Å². The van der Waals surface area contributed by atoms with Crippen molar-refractivity contribution in [2.24, 2.45) is 45.8 Å². The molecule has 4 aliphatic rings. The largest absolute Gasteiger partial charge is 0.295 e. The summed E-state index contributed by atoms with van der Waals surface area (Å²) in [5.41, 5.74) is 3.41. The van der Waals surface area contributed by atoms with Crippen molar-refractivity contribution in [3.63, 3.8) is 0 Å². The Morgan fingerprint density at radius 2 is 1.74 bits per heavy atom. The summed E-state index contributed by atoms with van der Waals surface area (Å²) in [5.74, 6) is 3.69. The predicted octanol–water partition coefficient (Wildman–Crippen LogP) is 8.59. The number of allylic oxidation sites excluding steroid dienone is 2. The van der Waals surface area contributed by atoms with E-state index in [1.165, 1.54) is 50.5 Å². The summed E-state index contributed by atoms with van der Waals surface area (Å²) in [6.07, 6.45) is 12.0. The van der Waals surface area contributed by atoms with Gasteiger partial charge in [-0.3, -0.25) is 4.79 Å². The molecule has 0 aliphatic heterocycles. The van der Waals surface area contributed by atoms with E-state index in [0.717, 1.165) is 37.0 Å². The lowest BCUT2D eigenvalue weighted by atomic mass is 9.45. The van der Waals surface area contributed by atoms with Crippen LogP contribution in [0.15, 0.2) is 11.1 Å². The van der Waals surface area contributed by atoms with E-state index >= 15 is 0 Å². The molecule has 0 heterocycles. The Kier molecular flexibility index (Phi) is 6.29. The molecule has 176 valence electrons. The Morgan fingerprint density at radius 3 is 2.42 bits per heavy atom. The molecule has 2 heteroatoms. The van der Waals surface area contributed by atoms with Crippen molar-refractivity contribution in [2.75, 3.05) is 0 Å². The Morgan fingerprint density at radius 1 is 1.03 bits per heavy atom. The fourth-order valence-corrected chi connectivity index (χ4v) is 9.27. The molecule has 0 aromatic heterocycles. The molecular formula is C29H47ClO. The maximum Gasteiger partial charge on any atom is 0.159 e. The molecule has 0 unspecified atom stereocenters. The first-order chi connectivity index (χ1) is 14.5. The van der Waals surface area contributed by atoms with Gasteiger partial charge in [0.25, 0.3) is 0 Å². The van der Waals surface area contributed by atoms with Crippen molar-refractivity contribution >= 4 is 17.4 Å². The molecule has 0 aromatic carbocycles. The van der Waals surface area contributed by atoms with Gasteiger partial charge in [-0.05, 0) is 78.9 Å². The highest BCUT2D eigenvalue weighted by molar-refractivity contribution is 6.20. The molecule has 0 N–H and O–H groups in total. The van der Waals surface area contributed by atoms with Gasteiger partial charge in [0.15, 0.2) is 5.78 Å². The lowest BCUT2D eigenvalue weighted by Crippen LogP contribution is -2.53. The van der Waals surface area contributed by atoms with Crippen LogP contribution in [0.2, 0.25) is 0 Å². The Hall–Kier alpha value is -0.300. The smallest absolute Gasteiger partial charge is 0.159 e. The molecule has 31 heavy (non-hydrogen) atoms. The zero-order valence-corrected chi connectivity index (χ0v) is 22.1. The Bertz CT molecular complexity index is 752. The van der Waals surface area contributed by atoms with Crippen LogP contribution in [0, 0.1) is 45.8 Å². The highest BCUT2D eigenvalue weighted by Gasteiger charge is 2.63. The highest BCUT2D eigenvalue weighted by atomic mass is 35.5. The molecule has 0 aromatic rings. The minimum absolute atomic E-state index is 0.0731. The Labute approximate surface area is 197 Å². The summed E-state index contributed by atoms with van der Waals surface area (Å²) < 4.78 is 0. The molecule has 0 amide bonds. The van der Waals surface area contributed by atoms with E-state index < -0.39 is 0 Å². The number of Topliss-reactive ketones (excluding diaryl/α,β-unsaturated/α-hetero) is 1. The van der Waals surface area contributed by atoms with Crippen LogP contribution in [-0.4, -0.2) is 11.2 Å². The zero-order chi connectivity index (χ0) is 22.8. The Balaban J connectivity index is 1.66. The number of hydrogen-bond donors (Lipinski definition) is 0. The third-order valence-corrected chi connectivity index (χ3v) is 11.9. The number of carbonyl (C=O) groups is 1. The first-order valence-electron chi connectivity index (χ1n) is 13.4. The van der Waals surface area contributed by atoms with Crippen molar-refractivity contribution < 1.29 is 4.79 Å². The number of halogens is 1. The molecule has 0 bridgehead atoms. The third-order valence-electron chi connectivity index (χ3n) is 11.2. The summed E-state index contributed by atoms with van der Waals surface area (Å²) in [6.45, 7) is 17.0. The van der Waals surface area contributed by atoms with Gasteiger partial charge in [-0.1, -0.05) is 73.3 Å². The number of carbonyl (C=O) groups excluding carboxylic acids is 1.